The molecule has 0 spiro atoms. The Balaban J connectivity index is 2.05. The topological polar surface area (TPSA) is 65.2 Å². The molecule has 0 aromatic carbocycles. The summed E-state index contributed by atoms with van der Waals surface area (Å²) in [6.07, 6.45) is 3.34. The van der Waals surface area contributed by atoms with Crippen LogP contribution < -0.4 is 5.73 Å². The van der Waals surface area contributed by atoms with Gasteiger partial charge in [0.15, 0.2) is 5.69 Å². The van der Waals surface area contributed by atoms with E-state index in [0.29, 0.717) is 23.4 Å². The minimum absolute atomic E-state index is 0.0155. The van der Waals surface area contributed by atoms with Gasteiger partial charge in [-0.3, -0.25) is 0 Å². The molecule has 4 nitrogen and oxygen atoms in total. The van der Waals surface area contributed by atoms with Gasteiger partial charge in [0.05, 0.1) is 6.04 Å². The van der Waals surface area contributed by atoms with E-state index in [1.54, 1.807) is 5.38 Å². The molecule has 4 atom stereocenters. The summed E-state index contributed by atoms with van der Waals surface area (Å²) < 4.78 is 5.78. The SMILES string of the molecule is CC1CCC(C(C)C)C(OC(=O)c2csc(C(C)N)n2)C1. The summed E-state index contributed by atoms with van der Waals surface area (Å²) >= 11 is 1.42. The number of aromatic nitrogens is 1. The average molecular weight is 310 g/mol. The van der Waals surface area contributed by atoms with Crippen LogP contribution in [0.15, 0.2) is 5.38 Å². The van der Waals surface area contributed by atoms with Crippen LogP contribution >= 0.6 is 11.3 Å². The van der Waals surface area contributed by atoms with Gasteiger partial charge in [-0.15, -0.1) is 11.3 Å². The smallest absolute Gasteiger partial charge is 0.358 e. The molecule has 1 fully saturated rings. The molecule has 1 aromatic heterocycles. The molecule has 1 aliphatic rings. The maximum Gasteiger partial charge on any atom is 0.358 e. The monoisotopic (exact) mass is 310 g/mol. The number of ether oxygens (including phenoxy) is 1. The van der Waals surface area contributed by atoms with Crippen LogP contribution in [0.25, 0.3) is 0 Å². The van der Waals surface area contributed by atoms with Crippen LogP contribution in [0.5, 0.6) is 0 Å². The number of hydrogen-bond donors (Lipinski definition) is 1. The third-order valence-corrected chi connectivity index (χ3v) is 5.39. The molecule has 4 unspecified atom stereocenters. The van der Waals surface area contributed by atoms with Crippen molar-refractivity contribution in [2.45, 2.75) is 59.1 Å². The molecule has 0 amide bonds. The molecule has 2 N–H and O–H groups in total. The van der Waals surface area contributed by atoms with Gasteiger partial charge in [-0.1, -0.05) is 27.2 Å². The predicted molar refractivity (Wildman–Crippen MR) is 85.3 cm³/mol. The van der Waals surface area contributed by atoms with Gasteiger partial charge in [-0.2, -0.15) is 0 Å². The average Bonchev–Trinajstić information content (AvgIpc) is 2.88. The Morgan fingerprint density at radius 2 is 2.14 bits per heavy atom. The number of rotatable bonds is 4. The molecule has 0 aliphatic heterocycles. The fraction of sp³-hybridized carbons (Fsp3) is 0.750. The van der Waals surface area contributed by atoms with Crippen molar-refractivity contribution in [1.29, 1.82) is 0 Å². The Hall–Kier alpha value is -0.940. The molecule has 1 aromatic rings. The Morgan fingerprint density at radius 3 is 2.71 bits per heavy atom. The first-order valence-electron chi connectivity index (χ1n) is 7.80. The minimum Gasteiger partial charge on any atom is -0.457 e. The lowest BCUT2D eigenvalue weighted by molar-refractivity contribution is -0.0178. The van der Waals surface area contributed by atoms with Crippen molar-refractivity contribution in [3.63, 3.8) is 0 Å². The highest BCUT2D eigenvalue weighted by molar-refractivity contribution is 7.09. The molecule has 118 valence electrons. The molecular formula is C16H26N2O2S. The number of carbonyl (C=O) groups is 1. The zero-order chi connectivity index (χ0) is 15.6. The number of esters is 1. The van der Waals surface area contributed by atoms with Crippen LogP contribution in [0.3, 0.4) is 0 Å². The molecular weight excluding hydrogens is 284 g/mol. The zero-order valence-electron chi connectivity index (χ0n) is 13.3. The van der Waals surface area contributed by atoms with Crippen molar-refractivity contribution in [2.75, 3.05) is 0 Å². The first kappa shape index (κ1) is 16.4. The number of thiazole rings is 1. The van der Waals surface area contributed by atoms with Crippen molar-refractivity contribution >= 4 is 17.3 Å². The van der Waals surface area contributed by atoms with Gasteiger partial charge in [0.1, 0.15) is 11.1 Å². The molecule has 21 heavy (non-hydrogen) atoms. The highest BCUT2D eigenvalue weighted by Crippen LogP contribution is 2.35. The van der Waals surface area contributed by atoms with Crippen molar-refractivity contribution in [3.05, 3.63) is 16.1 Å². The molecule has 0 bridgehead atoms. The lowest BCUT2D eigenvalue weighted by Crippen LogP contribution is -2.36. The third-order valence-electron chi connectivity index (χ3n) is 4.34. The van der Waals surface area contributed by atoms with Gasteiger partial charge in [0.25, 0.3) is 0 Å². The summed E-state index contributed by atoms with van der Waals surface area (Å²) in [6, 6.07) is -0.144. The predicted octanol–water partition coefficient (Wildman–Crippen LogP) is 3.78. The van der Waals surface area contributed by atoms with Gasteiger partial charge in [-0.05, 0) is 37.5 Å². The van der Waals surface area contributed by atoms with E-state index in [0.717, 1.165) is 17.8 Å². The van der Waals surface area contributed by atoms with Crippen LogP contribution in [0.4, 0.5) is 0 Å². The van der Waals surface area contributed by atoms with Crippen LogP contribution in [0.1, 0.15) is 68.5 Å². The maximum atomic E-state index is 12.3. The molecule has 1 heterocycles. The van der Waals surface area contributed by atoms with E-state index < -0.39 is 0 Å². The molecule has 1 saturated carbocycles. The highest BCUT2D eigenvalue weighted by atomic mass is 32.1. The summed E-state index contributed by atoms with van der Waals surface area (Å²) in [4.78, 5) is 16.6. The van der Waals surface area contributed by atoms with Crippen LogP contribution in [0, 0.1) is 17.8 Å². The zero-order valence-corrected chi connectivity index (χ0v) is 14.2. The van der Waals surface area contributed by atoms with Crippen LogP contribution in [-0.2, 0) is 4.74 Å². The third kappa shape index (κ3) is 4.04. The molecule has 0 radical (unpaired) electrons. The Labute approximate surface area is 131 Å². The van der Waals surface area contributed by atoms with E-state index in [-0.39, 0.29) is 18.1 Å². The van der Waals surface area contributed by atoms with Crippen molar-refractivity contribution < 1.29 is 9.53 Å². The van der Waals surface area contributed by atoms with Crippen molar-refractivity contribution in [2.24, 2.45) is 23.5 Å². The first-order valence-corrected chi connectivity index (χ1v) is 8.68. The second-order valence-corrected chi connectivity index (χ2v) is 7.52. The first-order chi connectivity index (χ1) is 9.88. The van der Waals surface area contributed by atoms with E-state index in [1.165, 1.54) is 17.8 Å². The minimum atomic E-state index is -0.303. The highest BCUT2D eigenvalue weighted by Gasteiger charge is 2.34. The van der Waals surface area contributed by atoms with Gasteiger partial charge >= 0.3 is 5.97 Å². The van der Waals surface area contributed by atoms with E-state index in [1.807, 2.05) is 6.92 Å². The summed E-state index contributed by atoms with van der Waals surface area (Å²) in [5.74, 6) is 1.30. The van der Waals surface area contributed by atoms with Gasteiger partial charge in [-0.25, -0.2) is 9.78 Å². The standard InChI is InChI=1S/C16H26N2O2S/c1-9(2)12-6-5-10(3)7-14(12)20-16(19)13-8-21-15(18-13)11(4)17/h8-12,14H,5-7,17H2,1-4H3. The summed E-state index contributed by atoms with van der Waals surface area (Å²) in [5.41, 5.74) is 6.18. The van der Waals surface area contributed by atoms with E-state index >= 15 is 0 Å². The Kier molecular flexibility index (Phi) is 5.38. The van der Waals surface area contributed by atoms with E-state index in [2.05, 4.69) is 25.8 Å². The molecule has 2 rings (SSSR count). The molecule has 0 saturated heterocycles. The summed E-state index contributed by atoms with van der Waals surface area (Å²) in [5, 5.41) is 2.52. The lowest BCUT2D eigenvalue weighted by Gasteiger charge is -2.36. The summed E-state index contributed by atoms with van der Waals surface area (Å²) in [6.45, 7) is 8.51. The van der Waals surface area contributed by atoms with Crippen molar-refractivity contribution in [1.82, 2.24) is 4.98 Å². The van der Waals surface area contributed by atoms with Crippen molar-refractivity contribution in [3.8, 4) is 0 Å². The van der Waals surface area contributed by atoms with Crippen LogP contribution in [-0.4, -0.2) is 17.1 Å². The molecule has 5 heteroatoms. The quantitative estimate of drug-likeness (QED) is 0.860. The summed E-state index contributed by atoms with van der Waals surface area (Å²) in [7, 11) is 0. The van der Waals surface area contributed by atoms with E-state index in [9.17, 15) is 4.79 Å². The Morgan fingerprint density at radius 1 is 1.43 bits per heavy atom. The van der Waals surface area contributed by atoms with Gasteiger partial charge < -0.3 is 10.5 Å². The fourth-order valence-electron chi connectivity index (χ4n) is 3.04. The van der Waals surface area contributed by atoms with E-state index in [4.69, 9.17) is 10.5 Å². The normalized spacial score (nSPS) is 27.6. The Bertz CT molecular complexity index is 484. The van der Waals surface area contributed by atoms with Crippen LogP contribution in [0.2, 0.25) is 0 Å². The van der Waals surface area contributed by atoms with Gasteiger partial charge in [0, 0.05) is 5.38 Å². The lowest BCUT2D eigenvalue weighted by atomic mass is 9.75. The largest absolute Gasteiger partial charge is 0.457 e. The number of nitrogens with zero attached hydrogens (tertiary/aromatic N) is 1. The van der Waals surface area contributed by atoms with Gasteiger partial charge in [0.2, 0.25) is 0 Å². The number of hydrogen-bond acceptors (Lipinski definition) is 5. The number of nitrogens with two attached hydrogens (primary N) is 1. The fourth-order valence-corrected chi connectivity index (χ4v) is 3.79. The second kappa shape index (κ2) is 6.88. The molecule has 1 aliphatic carbocycles. The number of carbonyl (C=O) groups excluding carboxylic acids is 1. The second-order valence-electron chi connectivity index (χ2n) is 6.63. The maximum absolute atomic E-state index is 12.3.